The third kappa shape index (κ3) is 2.48. The van der Waals surface area contributed by atoms with Gasteiger partial charge < -0.3 is 0 Å². The quantitative estimate of drug-likeness (QED) is 0.487. The first-order chi connectivity index (χ1) is 7.87. The average molecular weight is 380 g/mol. The Labute approximate surface area is 121 Å². The summed E-state index contributed by atoms with van der Waals surface area (Å²) in [6.07, 6.45) is 0.763. The van der Waals surface area contributed by atoms with Crippen molar-refractivity contribution < 1.29 is 4.79 Å². The van der Waals surface area contributed by atoms with Gasteiger partial charge in [0, 0.05) is 4.88 Å². The predicted octanol–water partition coefficient (Wildman–Crippen LogP) is 3.48. The molecule has 2 rings (SSSR count). The van der Waals surface area contributed by atoms with Crippen molar-refractivity contribution in [3.8, 4) is 0 Å². The molecule has 17 heavy (non-hydrogen) atoms. The minimum absolute atomic E-state index is 0.0674. The SMILES string of the molecule is C/C(=N/NC(=O)[C@@]1(C)CC1(Br)Br)c1cccs1. The first-order valence-corrected chi connectivity index (χ1v) is 7.60. The van der Waals surface area contributed by atoms with Crippen molar-refractivity contribution in [2.45, 2.75) is 23.5 Å². The van der Waals surface area contributed by atoms with Gasteiger partial charge in [-0.25, -0.2) is 5.43 Å². The Kier molecular flexibility index (Phi) is 3.49. The normalized spacial score (nSPS) is 26.7. The van der Waals surface area contributed by atoms with Crippen molar-refractivity contribution in [1.29, 1.82) is 0 Å². The number of hydrogen-bond acceptors (Lipinski definition) is 3. The number of amides is 1. The van der Waals surface area contributed by atoms with Gasteiger partial charge in [-0.15, -0.1) is 11.3 Å². The number of halogens is 2. The molecule has 1 N–H and O–H groups in total. The van der Waals surface area contributed by atoms with Crippen LogP contribution in [0.25, 0.3) is 0 Å². The predicted molar refractivity (Wildman–Crippen MR) is 78.0 cm³/mol. The molecule has 92 valence electrons. The largest absolute Gasteiger partial charge is 0.272 e. The summed E-state index contributed by atoms with van der Waals surface area (Å²) in [6.45, 7) is 3.79. The Hall–Kier alpha value is -0.200. The van der Waals surface area contributed by atoms with E-state index in [4.69, 9.17) is 0 Å². The van der Waals surface area contributed by atoms with E-state index in [-0.39, 0.29) is 9.14 Å². The van der Waals surface area contributed by atoms with Crippen LogP contribution in [0.5, 0.6) is 0 Å². The van der Waals surface area contributed by atoms with Crippen LogP contribution in [-0.2, 0) is 4.79 Å². The molecule has 1 aliphatic rings. The van der Waals surface area contributed by atoms with Crippen molar-refractivity contribution >= 4 is 54.8 Å². The Morgan fingerprint density at radius 2 is 2.24 bits per heavy atom. The molecule has 1 atom stereocenters. The highest BCUT2D eigenvalue weighted by molar-refractivity contribution is 9.25. The second-order valence-corrected chi connectivity index (χ2v) is 9.05. The van der Waals surface area contributed by atoms with Crippen LogP contribution >= 0.6 is 43.2 Å². The molecule has 1 fully saturated rings. The number of thiophene rings is 1. The van der Waals surface area contributed by atoms with Gasteiger partial charge in [0.1, 0.15) is 0 Å². The zero-order valence-electron chi connectivity index (χ0n) is 9.46. The molecule has 1 aromatic heterocycles. The third-order valence-corrected chi connectivity index (χ3v) is 6.25. The zero-order valence-corrected chi connectivity index (χ0v) is 13.4. The maximum absolute atomic E-state index is 11.9. The minimum Gasteiger partial charge on any atom is -0.272 e. The van der Waals surface area contributed by atoms with E-state index in [1.807, 2.05) is 31.4 Å². The van der Waals surface area contributed by atoms with Crippen LogP contribution in [0.1, 0.15) is 25.1 Å². The summed E-state index contributed by atoms with van der Waals surface area (Å²) in [4.78, 5) is 13.0. The number of alkyl halides is 2. The lowest BCUT2D eigenvalue weighted by Crippen LogP contribution is -2.30. The lowest BCUT2D eigenvalue weighted by atomic mass is 10.1. The number of carbonyl (C=O) groups excluding carboxylic acids is 1. The van der Waals surface area contributed by atoms with E-state index < -0.39 is 5.41 Å². The molecule has 0 unspecified atom stereocenters. The molecule has 0 saturated heterocycles. The zero-order chi connectivity index (χ0) is 12.7. The molecule has 0 aromatic carbocycles. The second-order valence-electron chi connectivity index (χ2n) is 4.33. The standard InChI is InChI=1S/C11H12Br2N2OS/c1-7(8-4-3-5-17-8)14-15-9(16)10(2)6-11(10,12)13/h3-5H,6H2,1-2H3,(H,15,16)/b14-7-/t10-/m1/s1. The van der Waals surface area contributed by atoms with E-state index in [9.17, 15) is 4.79 Å². The fraction of sp³-hybridized carbons (Fsp3) is 0.455. The van der Waals surface area contributed by atoms with Gasteiger partial charge in [-0.1, -0.05) is 37.9 Å². The molecule has 1 saturated carbocycles. The molecule has 0 aliphatic heterocycles. The van der Waals surface area contributed by atoms with Crippen LogP contribution in [0.15, 0.2) is 22.6 Å². The summed E-state index contributed by atoms with van der Waals surface area (Å²) >= 11 is 8.53. The van der Waals surface area contributed by atoms with Crippen LogP contribution in [0.4, 0.5) is 0 Å². The van der Waals surface area contributed by atoms with Gasteiger partial charge in [0.25, 0.3) is 0 Å². The summed E-state index contributed by atoms with van der Waals surface area (Å²) in [7, 11) is 0. The van der Waals surface area contributed by atoms with Crippen molar-refractivity contribution in [1.82, 2.24) is 5.43 Å². The maximum Gasteiger partial charge on any atom is 0.248 e. The highest BCUT2D eigenvalue weighted by Gasteiger charge is 2.66. The molecular weight excluding hydrogens is 368 g/mol. The van der Waals surface area contributed by atoms with E-state index in [0.29, 0.717) is 0 Å². The van der Waals surface area contributed by atoms with Crippen molar-refractivity contribution in [2.24, 2.45) is 10.5 Å². The lowest BCUT2D eigenvalue weighted by molar-refractivity contribution is -0.125. The molecular formula is C11H12Br2N2OS. The first-order valence-electron chi connectivity index (χ1n) is 5.13. The number of hydrazone groups is 1. The molecule has 3 nitrogen and oxygen atoms in total. The lowest BCUT2D eigenvalue weighted by Gasteiger charge is -2.10. The molecule has 0 radical (unpaired) electrons. The molecule has 0 spiro atoms. The van der Waals surface area contributed by atoms with E-state index in [2.05, 4.69) is 42.4 Å². The molecule has 0 bridgehead atoms. The summed E-state index contributed by atoms with van der Waals surface area (Å²) in [5.41, 5.74) is 3.03. The van der Waals surface area contributed by atoms with Gasteiger partial charge in [0.2, 0.25) is 5.91 Å². The smallest absolute Gasteiger partial charge is 0.248 e. The number of hydrogen-bond donors (Lipinski definition) is 1. The molecule has 1 aromatic rings. The highest BCUT2D eigenvalue weighted by atomic mass is 79.9. The number of carbonyl (C=O) groups is 1. The van der Waals surface area contributed by atoms with Crippen LogP contribution < -0.4 is 5.43 Å². The summed E-state index contributed by atoms with van der Waals surface area (Å²) in [5.74, 6) is -0.0674. The Morgan fingerprint density at radius 1 is 1.59 bits per heavy atom. The van der Waals surface area contributed by atoms with Gasteiger partial charge in [-0.2, -0.15) is 5.10 Å². The van der Waals surface area contributed by atoms with Gasteiger partial charge in [-0.3, -0.25) is 4.79 Å². The minimum atomic E-state index is -0.424. The van der Waals surface area contributed by atoms with Crippen LogP contribution in [0.3, 0.4) is 0 Å². The Morgan fingerprint density at radius 3 is 2.71 bits per heavy atom. The van der Waals surface area contributed by atoms with Crippen molar-refractivity contribution in [2.75, 3.05) is 0 Å². The van der Waals surface area contributed by atoms with E-state index in [1.165, 1.54) is 0 Å². The van der Waals surface area contributed by atoms with E-state index >= 15 is 0 Å². The summed E-state index contributed by atoms with van der Waals surface area (Å²) in [5, 5.41) is 6.11. The van der Waals surface area contributed by atoms with E-state index in [1.54, 1.807) is 11.3 Å². The Balaban J connectivity index is 2.00. The molecule has 6 heteroatoms. The maximum atomic E-state index is 11.9. The molecule has 1 amide bonds. The third-order valence-electron chi connectivity index (χ3n) is 2.96. The van der Waals surface area contributed by atoms with Crippen LogP contribution in [0, 0.1) is 5.41 Å². The number of nitrogens with zero attached hydrogens (tertiary/aromatic N) is 1. The van der Waals surface area contributed by atoms with Gasteiger partial charge in [-0.05, 0) is 31.7 Å². The second kappa shape index (κ2) is 4.48. The topological polar surface area (TPSA) is 41.5 Å². The first kappa shape index (κ1) is 13.2. The summed E-state index contributed by atoms with van der Waals surface area (Å²) < 4.78 is -0.274. The number of rotatable bonds is 3. The highest BCUT2D eigenvalue weighted by Crippen LogP contribution is 2.66. The van der Waals surface area contributed by atoms with Crippen LogP contribution in [0.2, 0.25) is 0 Å². The number of nitrogens with one attached hydrogen (secondary N) is 1. The fourth-order valence-corrected chi connectivity index (χ4v) is 3.60. The van der Waals surface area contributed by atoms with Gasteiger partial charge in [0.05, 0.1) is 14.4 Å². The van der Waals surface area contributed by atoms with Crippen molar-refractivity contribution in [3.05, 3.63) is 22.4 Å². The average Bonchev–Trinajstić information content (AvgIpc) is 2.73. The monoisotopic (exact) mass is 378 g/mol. The van der Waals surface area contributed by atoms with Gasteiger partial charge in [0.15, 0.2) is 0 Å². The fourth-order valence-electron chi connectivity index (χ4n) is 1.44. The van der Waals surface area contributed by atoms with Crippen molar-refractivity contribution in [3.63, 3.8) is 0 Å². The Bertz CT molecular complexity index is 470. The molecule has 1 aliphatic carbocycles. The van der Waals surface area contributed by atoms with E-state index in [0.717, 1.165) is 17.0 Å². The van der Waals surface area contributed by atoms with Crippen LogP contribution in [-0.4, -0.2) is 14.9 Å². The molecule has 1 heterocycles. The van der Waals surface area contributed by atoms with Gasteiger partial charge >= 0.3 is 0 Å². The summed E-state index contributed by atoms with van der Waals surface area (Å²) in [6, 6.07) is 3.94.